The van der Waals surface area contributed by atoms with Crippen LogP contribution >= 0.6 is 0 Å². The summed E-state index contributed by atoms with van der Waals surface area (Å²) in [4.78, 5) is 14.6. The van der Waals surface area contributed by atoms with Crippen LogP contribution in [-0.2, 0) is 17.8 Å². The van der Waals surface area contributed by atoms with Crippen molar-refractivity contribution in [2.45, 2.75) is 25.3 Å². The lowest BCUT2D eigenvalue weighted by Crippen LogP contribution is -2.30. The fourth-order valence-electron chi connectivity index (χ4n) is 3.61. The zero-order chi connectivity index (χ0) is 18.1. The molecule has 0 N–H and O–H groups in total. The predicted octanol–water partition coefficient (Wildman–Crippen LogP) is 3.70. The van der Waals surface area contributed by atoms with E-state index in [9.17, 15) is 9.18 Å². The summed E-state index contributed by atoms with van der Waals surface area (Å²) in [6, 6.07) is 14.4. The van der Waals surface area contributed by atoms with Crippen LogP contribution in [0.4, 0.5) is 4.39 Å². The van der Waals surface area contributed by atoms with Crippen molar-refractivity contribution in [2.75, 3.05) is 7.05 Å². The monoisotopic (exact) mass is 349 g/mol. The van der Waals surface area contributed by atoms with Crippen molar-refractivity contribution in [1.82, 2.24) is 14.7 Å². The van der Waals surface area contributed by atoms with Crippen LogP contribution in [0.25, 0.3) is 5.69 Å². The third-order valence-corrected chi connectivity index (χ3v) is 4.95. The minimum atomic E-state index is -0.275. The lowest BCUT2D eigenvalue weighted by atomic mass is 10.00. The van der Waals surface area contributed by atoms with Gasteiger partial charge in [0.15, 0.2) is 0 Å². The van der Waals surface area contributed by atoms with Crippen molar-refractivity contribution in [3.8, 4) is 5.69 Å². The van der Waals surface area contributed by atoms with Gasteiger partial charge in [0.05, 0.1) is 17.8 Å². The van der Waals surface area contributed by atoms with E-state index in [-0.39, 0.29) is 17.6 Å². The zero-order valence-corrected chi connectivity index (χ0v) is 14.6. The van der Waals surface area contributed by atoms with E-state index in [0.29, 0.717) is 6.54 Å². The largest absolute Gasteiger partial charge is 0.341 e. The minimum absolute atomic E-state index is 0.0525. The second-order valence-electron chi connectivity index (χ2n) is 6.75. The smallest absolute Gasteiger partial charge is 0.230 e. The van der Waals surface area contributed by atoms with E-state index in [1.165, 1.54) is 17.7 Å². The van der Waals surface area contributed by atoms with Gasteiger partial charge in [-0.25, -0.2) is 9.07 Å². The molecule has 1 aromatic heterocycles. The fraction of sp³-hybridized carbons (Fsp3) is 0.238. The van der Waals surface area contributed by atoms with Gasteiger partial charge in [0, 0.05) is 25.4 Å². The number of fused-ring (bicyclic) bond motifs is 1. The lowest BCUT2D eigenvalue weighted by molar-refractivity contribution is -0.132. The Bertz CT molecular complexity index is 932. The second-order valence-corrected chi connectivity index (χ2v) is 6.75. The van der Waals surface area contributed by atoms with Crippen LogP contribution in [0.3, 0.4) is 0 Å². The summed E-state index contributed by atoms with van der Waals surface area (Å²) in [6.45, 7) is 0.499. The number of amides is 1. The number of hydrogen-bond acceptors (Lipinski definition) is 2. The van der Waals surface area contributed by atoms with Gasteiger partial charge in [-0.3, -0.25) is 4.79 Å². The molecule has 132 valence electrons. The normalized spacial score (nSPS) is 15.7. The van der Waals surface area contributed by atoms with Gasteiger partial charge in [-0.1, -0.05) is 24.3 Å². The Morgan fingerprint density at radius 2 is 2.00 bits per heavy atom. The maximum Gasteiger partial charge on any atom is 0.230 e. The van der Waals surface area contributed by atoms with Gasteiger partial charge in [0.2, 0.25) is 5.91 Å². The zero-order valence-electron chi connectivity index (χ0n) is 14.6. The van der Waals surface area contributed by atoms with Gasteiger partial charge in [0.25, 0.3) is 0 Å². The maximum atomic E-state index is 13.0. The van der Waals surface area contributed by atoms with Gasteiger partial charge < -0.3 is 4.90 Å². The summed E-state index contributed by atoms with van der Waals surface area (Å²) in [7, 11) is 1.83. The number of rotatable bonds is 4. The number of nitrogens with zero attached hydrogens (tertiary/aromatic N) is 3. The first-order valence-corrected chi connectivity index (χ1v) is 8.74. The van der Waals surface area contributed by atoms with Crippen molar-refractivity contribution in [1.29, 1.82) is 0 Å². The molecule has 1 aliphatic carbocycles. The highest BCUT2D eigenvalue weighted by Crippen LogP contribution is 2.34. The van der Waals surface area contributed by atoms with Crippen LogP contribution in [0.1, 0.15) is 29.0 Å². The molecule has 0 radical (unpaired) electrons. The molecule has 0 fully saturated rings. The molecule has 4 nitrogen and oxygen atoms in total. The molecule has 2 aromatic carbocycles. The molecular formula is C21H20FN3O. The van der Waals surface area contributed by atoms with Gasteiger partial charge in [-0.05, 0) is 48.2 Å². The summed E-state index contributed by atoms with van der Waals surface area (Å²) in [6.07, 6.45) is 5.45. The van der Waals surface area contributed by atoms with Gasteiger partial charge in [0.1, 0.15) is 5.82 Å². The number of carbonyl (C=O) groups excluding carboxylic acids is 1. The molecule has 1 aliphatic rings. The van der Waals surface area contributed by atoms with Gasteiger partial charge in [-0.2, -0.15) is 5.10 Å². The molecule has 3 aromatic rings. The minimum Gasteiger partial charge on any atom is -0.341 e. The van der Waals surface area contributed by atoms with E-state index in [0.717, 1.165) is 29.7 Å². The summed E-state index contributed by atoms with van der Waals surface area (Å²) in [5.74, 6) is -0.184. The van der Waals surface area contributed by atoms with Crippen LogP contribution in [0.2, 0.25) is 0 Å². The van der Waals surface area contributed by atoms with Crippen molar-refractivity contribution in [3.05, 3.63) is 83.4 Å². The Balaban J connectivity index is 1.46. The first-order chi connectivity index (χ1) is 12.6. The third-order valence-electron chi connectivity index (χ3n) is 4.95. The number of likely N-dealkylation sites (N-methyl/N-ethyl adjacent to an activating group) is 1. The number of aromatic nitrogens is 2. The average Bonchev–Trinajstić information content (AvgIpc) is 3.29. The molecule has 0 aliphatic heterocycles. The topological polar surface area (TPSA) is 38.1 Å². The predicted molar refractivity (Wildman–Crippen MR) is 97.5 cm³/mol. The Kier molecular flexibility index (Phi) is 4.29. The van der Waals surface area contributed by atoms with Crippen LogP contribution in [-0.4, -0.2) is 27.6 Å². The second kappa shape index (κ2) is 6.75. The molecule has 1 atom stereocenters. The van der Waals surface area contributed by atoms with Crippen LogP contribution in [0, 0.1) is 5.82 Å². The van der Waals surface area contributed by atoms with Crippen molar-refractivity contribution in [3.63, 3.8) is 0 Å². The molecule has 4 rings (SSSR count). The van der Waals surface area contributed by atoms with E-state index >= 15 is 0 Å². The highest BCUT2D eigenvalue weighted by molar-refractivity contribution is 5.84. The Morgan fingerprint density at radius 3 is 2.81 bits per heavy atom. The Morgan fingerprint density at radius 1 is 1.23 bits per heavy atom. The molecule has 5 heteroatoms. The summed E-state index contributed by atoms with van der Waals surface area (Å²) >= 11 is 0. The van der Waals surface area contributed by atoms with E-state index in [1.807, 2.05) is 25.4 Å². The van der Waals surface area contributed by atoms with Crippen LogP contribution in [0.15, 0.2) is 60.9 Å². The first kappa shape index (κ1) is 16.5. The number of carbonyl (C=O) groups is 1. The first-order valence-electron chi connectivity index (χ1n) is 8.74. The number of halogens is 1. The highest BCUT2D eigenvalue weighted by Gasteiger charge is 2.30. The number of aryl methyl sites for hydroxylation is 1. The molecular weight excluding hydrogens is 329 g/mol. The molecule has 1 unspecified atom stereocenters. The molecule has 1 amide bonds. The molecule has 0 spiro atoms. The van der Waals surface area contributed by atoms with Crippen molar-refractivity contribution >= 4 is 5.91 Å². The van der Waals surface area contributed by atoms with E-state index in [4.69, 9.17) is 0 Å². The van der Waals surface area contributed by atoms with Crippen molar-refractivity contribution < 1.29 is 9.18 Å². The molecule has 0 bridgehead atoms. The summed E-state index contributed by atoms with van der Waals surface area (Å²) in [5, 5.41) is 4.32. The fourth-order valence-corrected chi connectivity index (χ4v) is 3.61. The van der Waals surface area contributed by atoms with Crippen LogP contribution in [0.5, 0.6) is 0 Å². The molecule has 26 heavy (non-hydrogen) atoms. The number of hydrogen-bond donors (Lipinski definition) is 0. The van der Waals surface area contributed by atoms with Gasteiger partial charge in [-0.15, -0.1) is 0 Å². The molecule has 1 heterocycles. The third kappa shape index (κ3) is 3.12. The number of benzene rings is 2. The SMILES string of the molecule is CN(Cc1cnn(-c2ccc(F)cc2)c1)C(=O)C1CCc2ccccc21. The van der Waals surface area contributed by atoms with E-state index < -0.39 is 0 Å². The summed E-state index contributed by atoms with van der Waals surface area (Å²) in [5.41, 5.74) is 4.17. The molecule has 0 saturated carbocycles. The standard InChI is InChI=1S/C21H20FN3O/c1-24(21(26)20-11-6-16-4-2-3-5-19(16)20)13-15-12-23-25(14-15)18-9-7-17(22)8-10-18/h2-5,7-10,12,14,20H,6,11,13H2,1H3. The highest BCUT2D eigenvalue weighted by atomic mass is 19.1. The van der Waals surface area contributed by atoms with Crippen molar-refractivity contribution in [2.24, 2.45) is 0 Å². The summed E-state index contributed by atoms with van der Waals surface area (Å²) < 4.78 is 14.7. The van der Waals surface area contributed by atoms with E-state index in [2.05, 4.69) is 17.2 Å². The Labute approximate surface area is 151 Å². The quantitative estimate of drug-likeness (QED) is 0.720. The molecule has 0 saturated heterocycles. The maximum absolute atomic E-state index is 13.0. The van der Waals surface area contributed by atoms with E-state index in [1.54, 1.807) is 27.9 Å². The van der Waals surface area contributed by atoms with Crippen LogP contribution < -0.4 is 0 Å². The lowest BCUT2D eigenvalue weighted by Gasteiger charge is -2.21. The average molecular weight is 349 g/mol. The van der Waals surface area contributed by atoms with Gasteiger partial charge >= 0.3 is 0 Å². The Hall–Kier alpha value is -2.95.